The van der Waals surface area contributed by atoms with Crippen molar-refractivity contribution in [1.29, 1.82) is 0 Å². The van der Waals surface area contributed by atoms with Crippen molar-refractivity contribution in [1.82, 2.24) is 9.80 Å². The molecule has 0 saturated heterocycles. The largest absolute Gasteiger partial charge is 0.491 e. The van der Waals surface area contributed by atoms with Gasteiger partial charge in [-0.2, -0.15) is 0 Å². The van der Waals surface area contributed by atoms with Gasteiger partial charge in [-0.05, 0) is 53.4 Å². The number of hydrogen-bond acceptors (Lipinski definition) is 5. The summed E-state index contributed by atoms with van der Waals surface area (Å²) in [6, 6.07) is 11.4. The number of carbonyl (C=O) groups is 2. The van der Waals surface area contributed by atoms with Crippen LogP contribution in [0.1, 0.15) is 39.5 Å². The second-order valence-corrected chi connectivity index (χ2v) is 9.57. The van der Waals surface area contributed by atoms with Crippen LogP contribution in [-0.4, -0.2) is 47.9 Å². The molecule has 0 bridgehead atoms. The fourth-order valence-corrected chi connectivity index (χ4v) is 5.56. The minimum absolute atomic E-state index is 0.0283. The molecule has 168 valence electrons. The van der Waals surface area contributed by atoms with E-state index in [-0.39, 0.29) is 36.8 Å². The molecule has 0 aliphatic carbocycles. The molecule has 0 spiro atoms. The van der Waals surface area contributed by atoms with E-state index in [4.69, 9.17) is 4.74 Å². The fourth-order valence-electron chi connectivity index (χ4n) is 3.94. The maximum Gasteiger partial charge on any atom is 0.264 e. The second-order valence-electron chi connectivity index (χ2n) is 7.62. The minimum Gasteiger partial charge on any atom is -0.491 e. The molecule has 2 amide bonds. The molecule has 2 aromatic heterocycles. The first-order valence-electron chi connectivity index (χ1n) is 10.6. The summed E-state index contributed by atoms with van der Waals surface area (Å²) >= 11 is 3.06. The molecule has 0 fully saturated rings. The van der Waals surface area contributed by atoms with Crippen LogP contribution >= 0.6 is 22.7 Å². The monoisotopic (exact) mass is 472 g/mol. The number of rotatable bonds is 8. The molecule has 0 unspecified atom stereocenters. The quantitative estimate of drug-likeness (QED) is 0.463. The molecule has 0 saturated carbocycles. The number of hydrogen-bond donors (Lipinski definition) is 0. The van der Waals surface area contributed by atoms with Crippen molar-refractivity contribution in [2.75, 3.05) is 26.2 Å². The Labute approximate surface area is 195 Å². The Balaban J connectivity index is 1.51. The Hall–Kier alpha value is -2.71. The van der Waals surface area contributed by atoms with Gasteiger partial charge in [0.2, 0.25) is 5.91 Å². The van der Waals surface area contributed by atoms with Crippen LogP contribution in [0.2, 0.25) is 0 Å². The Morgan fingerprint density at radius 3 is 2.81 bits per heavy atom. The van der Waals surface area contributed by atoms with E-state index in [2.05, 4.69) is 0 Å². The number of nitrogens with zero attached hydrogens (tertiary/aromatic N) is 2. The number of ether oxygens (including phenoxy) is 1. The SMILES string of the molecule is CCCN(CC(=O)N1CCc2sccc2[C@@H]1COc1cccc(F)c1)C(=O)c1cccs1. The second kappa shape index (κ2) is 10.3. The lowest BCUT2D eigenvalue weighted by molar-refractivity contribution is -0.135. The van der Waals surface area contributed by atoms with Gasteiger partial charge in [0.05, 0.1) is 10.9 Å². The Morgan fingerprint density at radius 1 is 1.19 bits per heavy atom. The third-order valence-electron chi connectivity index (χ3n) is 5.46. The molecule has 32 heavy (non-hydrogen) atoms. The van der Waals surface area contributed by atoms with Crippen molar-refractivity contribution >= 4 is 34.5 Å². The lowest BCUT2D eigenvalue weighted by atomic mass is 10.0. The molecular formula is C24H25FN2O3S2. The topological polar surface area (TPSA) is 49.9 Å². The zero-order valence-electron chi connectivity index (χ0n) is 17.8. The molecule has 4 rings (SSSR count). The summed E-state index contributed by atoms with van der Waals surface area (Å²) in [5, 5.41) is 3.89. The van der Waals surface area contributed by atoms with Crippen LogP contribution in [0.15, 0.2) is 53.2 Å². The molecule has 1 aromatic carbocycles. The van der Waals surface area contributed by atoms with Crippen molar-refractivity contribution in [3.63, 3.8) is 0 Å². The average molecular weight is 473 g/mol. The molecule has 1 aliphatic rings. The number of amides is 2. The molecule has 5 nitrogen and oxygen atoms in total. The van der Waals surface area contributed by atoms with Crippen LogP contribution < -0.4 is 4.74 Å². The van der Waals surface area contributed by atoms with Gasteiger partial charge in [0, 0.05) is 24.0 Å². The van der Waals surface area contributed by atoms with Gasteiger partial charge in [0.15, 0.2) is 0 Å². The maximum absolute atomic E-state index is 13.6. The summed E-state index contributed by atoms with van der Waals surface area (Å²) in [5.74, 6) is -0.151. The highest BCUT2D eigenvalue weighted by Gasteiger charge is 2.33. The lowest BCUT2D eigenvalue weighted by Gasteiger charge is -2.37. The normalized spacial score (nSPS) is 15.3. The van der Waals surface area contributed by atoms with Crippen LogP contribution in [-0.2, 0) is 11.2 Å². The van der Waals surface area contributed by atoms with E-state index < -0.39 is 0 Å². The minimum atomic E-state index is -0.363. The summed E-state index contributed by atoms with van der Waals surface area (Å²) in [7, 11) is 0. The van der Waals surface area contributed by atoms with E-state index in [0.29, 0.717) is 23.7 Å². The summed E-state index contributed by atoms with van der Waals surface area (Å²) in [4.78, 5) is 31.6. The average Bonchev–Trinajstić information content (AvgIpc) is 3.48. The van der Waals surface area contributed by atoms with Crippen LogP contribution in [0.25, 0.3) is 0 Å². The maximum atomic E-state index is 13.6. The van der Waals surface area contributed by atoms with Crippen molar-refractivity contribution in [3.05, 3.63) is 74.4 Å². The standard InChI is InChI=1S/C24H25FN2O3S2/c1-2-10-26(24(29)22-7-4-12-31-22)15-23(28)27-11-8-21-19(9-13-32-21)20(27)16-30-18-6-3-5-17(25)14-18/h3-7,9,12-14,20H,2,8,10-11,15-16H2,1H3/t20-/m0/s1. The van der Waals surface area contributed by atoms with E-state index in [9.17, 15) is 14.0 Å². The van der Waals surface area contributed by atoms with Gasteiger partial charge >= 0.3 is 0 Å². The number of halogens is 1. The summed E-state index contributed by atoms with van der Waals surface area (Å²) in [5.41, 5.74) is 1.07. The third kappa shape index (κ3) is 5.02. The van der Waals surface area contributed by atoms with E-state index >= 15 is 0 Å². The zero-order valence-corrected chi connectivity index (χ0v) is 19.5. The third-order valence-corrected chi connectivity index (χ3v) is 7.31. The summed E-state index contributed by atoms with van der Waals surface area (Å²) in [6.07, 6.45) is 1.55. The van der Waals surface area contributed by atoms with E-state index in [0.717, 1.165) is 18.4 Å². The lowest BCUT2D eigenvalue weighted by Crippen LogP contribution is -2.48. The molecule has 0 N–H and O–H groups in total. The predicted molar refractivity (Wildman–Crippen MR) is 125 cm³/mol. The smallest absolute Gasteiger partial charge is 0.264 e. The number of carbonyl (C=O) groups excluding carboxylic acids is 2. The van der Waals surface area contributed by atoms with Crippen LogP contribution in [0, 0.1) is 5.82 Å². The highest BCUT2D eigenvalue weighted by Crippen LogP contribution is 2.34. The Bertz CT molecular complexity index is 1070. The van der Waals surface area contributed by atoms with Crippen LogP contribution in [0.3, 0.4) is 0 Å². The van der Waals surface area contributed by atoms with Gasteiger partial charge in [-0.3, -0.25) is 9.59 Å². The molecule has 1 atom stereocenters. The van der Waals surface area contributed by atoms with E-state index in [1.165, 1.54) is 28.3 Å². The first kappa shape index (κ1) is 22.5. The first-order chi connectivity index (χ1) is 15.6. The molecule has 0 radical (unpaired) electrons. The van der Waals surface area contributed by atoms with Crippen molar-refractivity contribution in [2.24, 2.45) is 0 Å². The van der Waals surface area contributed by atoms with E-state index in [1.54, 1.807) is 39.3 Å². The fraction of sp³-hybridized carbons (Fsp3) is 0.333. The predicted octanol–water partition coefficient (Wildman–Crippen LogP) is 5.01. The highest BCUT2D eigenvalue weighted by atomic mass is 32.1. The molecular weight excluding hydrogens is 447 g/mol. The van der Waals surface area contributed by atoms with Gasteiger partial charge in [0.1, 0.15) is 24.7 Å². The van der Waals surface area contributed by atoms with Gasteiger partial charge in [0.25, 0.3) is 5.91 Å². The zero-order chi connectivity index (χ0) is 22.5. The highest BCUT2D eigenvalue weighted by molar-refractivity contribution is 7.12. The van der Waals surface area contributed by atoms with Crippen LogP contribution in [0.4, 0.5) is 4.39 Å². The van der Waals surface area contributed by atoms with Crippen molar-refractivity contribution in [2.45, 2.75) is 25.8 Å². The van der Waals surface area contributed by atoms with Gasteiger partial charge in [-0.15, -0.1) is 22.7 Å². The Kier molecular flexibility index (Phi) is 7.22. The van der Waals surface area contributed by atoms with Crippen molar-refractivity contribution < 1.29 is 18.7 Å². The van der Waals surface area contributed by atoms with Crippen molar-refractivity contribution in [3.8, 4) is 5.75 Å². The number of benzene rings is 1. The summed E-state index contributed by atoms with van der Waals surface area (Å²) in [6.45, 7) is 3.33. The van der Waals surface area contributed by atoms with Gasteiger partial charge in [-0.25, -0.2) is 4.39 Å². The van der Waals surface area contributed by atoms with Crippen LogP contribution in [0.5, 0.6) is 5.75 Å². The molecule has 3 aromatic rings. The molecule has 3 heterocycles. The first-order valence-corrected chi connectivity index (χ1v) is 12.4. The molecule has 1 aliphatic heterocycles. The van der Waals surface area contributed by atoms with E-state index in [1.807, 2.05) is 29.8 Å². The molecule has 8 heteroatoms. The number of fused-ring (bicyclic) bond motifs is 1. The summed E-state index contributed by atoms with van der Waals surface area (Å²) < 4.78 is 19.4. The Morgan fingerprint density at radius 2 is 2.06 bits per heavy atom. The van der Waals surface area contributed by atoms with Gasteiger partial charge < -0.3 is 14.5 Å². The van der Waals surface area contributed by atoms with Gasteiger partial charge in [-0.1, -0.05) is 19.1 Å². The number of thiophene rings is 2.